The van der Waals surface area contributed by atoms with Gasteiger partial charge in [0.05, 0.1) is 7.11 Å². The number of rotatable bonds is 10. The van der Waals surface area contributed by atoms with Crippen LogP contribution in [0.3, 0.4) is 0 Å². The van der Waals surface area contributed by atoms with Gasteiger partial charge < -0.3 is 20.3 Å². The molecule has 0 bridgehead atoms. The first-order valence-electron chi connectivity index (χ1n) is 10.4. The first kappa shape index (κ1) is 26.4. The fraction of sp³-hybridized carbons (Fsp3) is 0.619. The third kappa shape index (κ3) is 8.61. The number of hydrogen-bond acceptors (Lipinski definition) is 4. The lowest BCUT2D eigenvalue weighted by molar-refractivity contribution is -0.140. The van der Waals surface area contributed by atoms with Gasteiger partial charge in [0, 0.05) is 38.6 Å². The molecule has 0 spiro atoms. The number of carbonyl (C=O) groups is 1. The lowest BCUT2D eigenvalue weighted by atomic mass is 10.1. The fourth-order valence-electron chi connectivity index (χ4n) is 3.41. The smallest absolute Gasteiger partial charge is 0.305 e. The molecular weight excluding hydrogens is 505 g/mol. The molecule has 1 atom stereocenters. The molecule has 1 saturated heterocycles. The molecule has 0 amide bonds. The van der Waals surface area contributed by atoms with Gasteiger partial charge in [-0.05, 0) is 38.3 Å². The fourth-order valence-corrected chi connectivity index (χ4v) is 3.41. The zero-order chi connectivity index (χ0) is 21.1. The second kappa shape index (κ2) is 14.4. The maximum Gasteiger partial charge on any atom is 0.305 e. The highest BCUT2D eigenvalue weighted by molar-refractivity contribution is 14.0. The summed E-state index contributed by atoms with van der Waals surface area (Å²) in [6.07, 6.45) is 4.99. The van der Waals surface area contributed by atoms with Crippen LogP contribution in [0.25, 0.3) is 0 Å². The van der Waals surface area contributed by atoms with Crippen LogP contribution in [-0.2, 0) is 9.53 Å². The summed E-state index contributed by atoms with van der Waals surface area (Å²) in [7, 11) is 1.41. The Kier molecular flexibility index (Phi) is 12.6. The highest BCUT2D eigenvalue weighted by Gasteiger charge is 2.27. The quantitative estimate of drug-likeness (QED) is 0.156. The van der Waals surface area contributed by atoms with Crippen LogP contribution in [0.5, 0.6) is 0 Å². The van der Waals surface area contributed by atoms with E-state index in [1.54, 1.807) is 4.90 Å². The number of esters is 1. The Morgan fingerprint density at radius 1 is 1.23 bits per heavy atom. The summed E-state index contributed by atoms with van der Waals surface area (Å²) in [6, 6.07) is 4.03. The average Bonchev–Trinajstić information content (AvgIpc) is 3.14. The van der Waals surface area contributed by atoms with E-state index < -0.39 is 11.6 Å². The number of para-hydroxylation sites is 1. The molecule has 1 aromatic rings. The van der Waals surface area contributed by atoms with Crippen molar-refractivity contribution in [3.05, 3.63) is 29.8 Å². The lowest BCUT2D eigenvalue weighted by Crippen LogP contribution is -2.44. The molecule has 9 heteroatoms. The van der Waals surface area contributed by atoms with Crippen molar-refractivity contribution in [2.45, 2.75) is 51.5 Å². The summed E-state index contributed by atoms with van der Waals surface area (Å²) in [5.41, 5.74) is 0.0469. The van der Waals surface area contributed by atoms with Crippen LogP contribution in [0.1, 0.15) is 45.4 Å². The highest BCUT2D eigenvalue weighted by atomic mass is 127. The van der Waals surface area contributed by atoms with E-state index in [1.807, 2.05) is 6.92 Å². The zero-order valence-corrected chi connectivity index (χ0v) is 20.1. The topological polar surface area (TPSA) is 66.0 Å². The summed E-state index contributed by atoms with van der Waals surface area (Å²) >= 11 is 0. The molecule has 0 aliphatic carbocycles. The molecule has 6 nitrogen and oxygen atoms in total. The molecule has 1 unspecified atom stereocenters. The van der Waals surface area contributed by atoms with Crippen LogP contribution in [-0.4, -0.2) is 51.3 Å². The van der Waals surface area contributed by atoms with E-state index in [-0.39, 0.29) is 41.7 Å². The Balaban J connectivity index is 0.00000450. The van der Waals surface area contributed by atoms with Crippen molar-refractivity contribution in [1.82, 2.24) is 10.6 Å². The van der Waals surface area contributed by atoms with Gasteiger partial charge in [0.2, 0.25) is 0 Å². The average molecular weight is 538 g/mol. The van der Waals surface area contributed by atoms with Crippen LogP contribution in [0.15, 0.2) is 23.2 Å². The summed E-state index contributed by atoms with van der Waals surface area (Å²) in [5.74, 6) is -0.498. The van der Waals surface area contributed by atoms with Gasteiger partial charge in [-0.15, -0.1) is 24.0 Å². The second-order valence-corrected chi connectivity index (χ2v) is 7.15. The summed E-state index contributed by atoms with van der Waals surface area (Å²) in [4.78, 5) is 17.4. The number of ether oxygens (including phenoxy) is 1. The third-order valence-electron chi connectivity index (χ3n) is 4.91. The predicted octanol–water partition coefficient (Wildman–Crippen LogP) is 3.84. The van der Waals surface area contributed by atoms with Gasteiger partial charge in [-0.3, -0.25) is 9.79 Å². The number of nitrogens with zero attached hydrogens (tertiary/aromatic N) is 2. The number of guanidine groups is 1. The predicted molar refractivity (Wildman–Crippen MR) is 127 cm³/mol. The van der Waals surface area contributed by atoms with Crippen LogP contribution in [0.4, 0.5) is 14.5 Å². The molecule has 2 N–H and O–H groups in total. The van der Waals surface area contributed by atoms with Crippen molar-refractivity contribution in [2.75, 3.05) is 38.2 Å². The maximum atomic E-state index is 14.0. The van der Waals surface area contributed by atoms with E-state index in [0.29, 0.717) is 26.1 Å². The molecule has 30 heavy (non-hydrogen) atoms. The number of benzene rings is 1. The lowest BCUT2D eigenvalue weighted by Gasteiger charge is -2.21. The molecule has 0 radical (unpaired) electrons. The minimum absolute atomic E-state index is 0. The standard InChI is InChI=1S/C21H32F2N4O2.HI/c1-3-24-21(25-13-7-5-4-6-11-19(28)29-2)26-16-12-14-27(15-16)20-17(22)9-8-10-18(20)23;/h8-10,16H,3-7,11-15H2,1-2H3,(H2,24,25,26);1H. The molecular formula is C21H33F2IN4O2. The Bertz CT molecular complexity index is 671. The number of hydrogen-bond donors (Lipinski definition) is 2. The number of unbranched alkanes of at least 4 members (excludes halogenated alkanes) is 3. The van der Waals surface area contributed by atoms with Gasteiger partial charge in [-0.25, -0.2) is 8.78 Å². The molecule has 1 aliphatic heterocycles. The van der Waals surface area contributed by atoms with Crippen molar-refractivity contribution in [1.29, 1.82) is 0 Å². The highest BCUT2D eigenvalue weighted by Crippen LogP contribution is 2.26. The number of anilines is 1. The summed E-state index contributed by atoms with van der Waals surface area (Å²) < 4.78 is 32.6. The van der Waals surface area contributed by atoms with Gasteiger partial charge >= 0.3 is 5.97 Å². The van der Waals surface area contributed by atoms with Gasteiger partial charge in [0.1, 0.15) is 17.3 Å². The Morgan fingerprint density at radius 3 is 2.60 bits per heavy atom. The van der Waals surface area contributed by atoms with E-state index in [0.717, 1.165) is 44.6 Å². The molecule has 0 aromatic heterocycles. The Labute approximate surface area is 194 Å². The molecule has 1 aromatic carbocycles. The number of methoxy groups -OCH3 is 1. The van der Waals surface area contributed by atoms with E-state index in [2.05, 4.69) is 20.4 Å². The first-order valence-corrected chi connectivity index (χ1v) is 10.4. The van der Waals surface area contributed by atoms with Crippen LogP contribution >= 0.6 is 24.0 Å². The molecule has 0 saturated carbocycles. The van der Waals surface area contributed by atoms with Gasteiger partial charge in [0.25, 0.3) is 0 Å². The maximum absolute atomic E-state index is 14.0. The van der Waals surface area contributed by atoms with Crippen LogP contribution in [0, 0.1) is 11.6 Å². The SMILES string of the molecule is CCNC(=NCCCCCCC(=O)OC)NC1CCN(c2c(F)cccc2F)C1.I. The molecule has 2 rings (SSSR count). The minimum Gasteiger partial charge on any atom is -0.469 e. The Hall–Kier alpha value is -1.65. The number of nitrogens with one attached hydrogen (secondary N) is 2. The van der Waals surface area contributed by atoms with Crippen molar-refractivity contribution in [3.8, 4) is 0 Å². The third-order valence-corrected chi connectivity index (χ3v) is 4.91. The van der Waals surface area contributed by atoms with Crippen molar-refractivity contribution < 1.29 is 18.3 Å². The van der Waals surface area contributed by atoms with Gasteiger partial charge in [-0.2, -0.15) is 0 Å². The number of carbonyl (C=O) groups excluding carboxylic acids is 1. The Morgan fingerprint density at radius 2 is 1.93 bits per heavy atom. The molecule has 1 heterocycles. The van der Waals surface area contributed by atoms with E-state index in [1.165, 1.54) is 25.3 Å². The van der Waals surface area contributed by atoms with Crippen LogP contribution < -0.4 is 15.5 Å². The summed E-state index contributed by atoms with van der Waals surface area (Å²) in [6.45, 7) is 4.54. The largest absolute Gasteiger partial charge is 0.469 e. The van der Waals surface area contributed by atoms with E-state index in [4.69, 9.17) is 0 Å². The van der Waals surface area contributed by atoms with Crippen LogP contribution in [0.2, 0.25) is 0 Å². The summed E-state index contributed by atoms with van der Waals surface area (Å²) in [5, 5.41) is 6.59. The normalized spacial score (nSPS) is 16.2. The second-order valence-electron chi connectivity index (χ2n) is 7.15. The zero-order valence-electron chi connectivity index (χ0n) is 17.8. The van der Waals surface area contributed by atoms with Crippen molar-refractivity contribution in [2.24, 2.45) is 4.99 Å². The van der Waals surface area contributed by atoms with E-state index in [9.17, 15) is 13.6 Å². The van der Waals surface area contributed by atoms with E-state index >= 15 is 0 Å². The monoisotopic (exact) mass is 538 g/mol. The molecule has 1 aliphatic rings. The van der Waals surface area contributed by atoms with Gasteiger partial charge in [-0.1, -0.05) is 18.9 Å². The minimum atomic E-state index is -0.529. The number of aliphatic imine (C=N–C) groups is 1. The molecule has 170 valence electrons. The molecule has 1 fully saturated rings. The number of halogens is 3. The van der Waals surface area contributed by atoms with Crippen molar-refractivity contribution >= 4 is 41.6 Å². The first-order chi connectivity index (χ1) is 14.0. The van der Waals surface area contributed by atoms with Gasteiger partial charge in [0.15, 0.2) is 5.96 Å². The van der Waals surface area contributed by atoms with Crippen molar-refractivity contribution in [3.63, 3.8) is 0 Å².